The van der Waals surface area contributed by atoms with Gasteiger partial charge in [0.1, 0.15) is 0 Å². The Morgan fingerprint density at radius 2 is 2.12 bits per heavy atom. The summed E-state index contributed by atoms with van der Waals surface area (Å²) in [7, 11) is 0. The van der Waals surface area contributed by atoms with E-state index < -0.39 is 0 Å². The van der Waals surface area contributed by atoms with Gasteiger partial charge in [0.15, 0.2) is 0 Å². The standard InChI is InChI=1S/C16H20S/c1-14-7-5-11-16(13-14)17-12-6-10-15-8-3-2-4-9-15/h2-4,6,8-10,13,16H,5,7,11-12H2,1H3/b10-6+. The lowest BCUT2D eigenvalue weighted by Gasteiger charge is -2.17. The lowest BCUT2D eigenvalue weighted by molar-refractivity contribution is 0.712. The monoisotopic (exact) mass is 244 g/mol. The Morgan fingerprint density at radius 3 is 2.88 bits per heavy atom. The van der Waals surface area contributed by atoms with Crippen LogP contribution < -0.4 is 0 Å². The van der Waals surface area contributed by atoms with Crippen LogP contribution in [0.2, 0.25) is 0 Å². The molecule has 1 aromatic rings. The molecule has 0 fully saturated rings. The smallest absolute Gasteiger partial charge is 0.0232 e. The van der Waals surface area contributed by atoms with Gasteiger partial charge in [-0.2, -0.15) is 11.8 Å². The molecule has 90 valence electrons. The van der Waals surface area contributed by atoms with E-state index in [1.807, 2.05) is 0 Å². The predicted molar refractivity (Wildman–Crippen MR) is 79.3 cm³/mol. The maximum atomic E-state index is 2.45. The van der Waals surface area contributed by atoms with Crippen molar-refractivity contribution in [3.63, 3.8) is 0 Å². The normalized spacial score (nSPS) is 20.5. The van der Waals surface area contributed by atoms with E-state index in [0.29, 0.717) is 0 Å². The zero-order valence-electron chi connectivity index (χ0n) is 10.4. The molecule has 1 atom stereocenters. The van der Waals surface area contributed by atoms with E-state index in [1.165, 1.54) is 24.8 Å². The van der Waals surface area contributed by atoms with Gasteiger partial charge in [0.25, 0.3) is 0 Å². The van der Waals surface area contributed by atoms with Crippen molar-refractivity contribution in [1.82, 2.24) is 0 Å². The molecule has 0 N–H and O–H groups in total. The van der Waals surface area contributed by atoms with Gasteiger partial charge in [-0.3, -0.25) is 0 Å². The summed E-state index contributed by atoms with van der Waals surface area (Å²) in [5.74, 6) is 1.11. The van der Waals surface area contributed by atoms with Crippen LogP contribution in [-0.2, 0) is 0 Å². The molecule has 1 unspecified atom stereocenters. The summed E-state index contributed by atoms with van der Waals surface area (Å²) in [4.78, 5) is 0. The van der Waals surface area contributed by atoms with Crippen LogP contribution in [0.4, 0.5) is 0 Å². The molecule has 1 aromatic carbocycles. The topological polar surface area (TPSA) is 0 Å². The van der Waals surface area contributed by atoms with Gasteiger partial charge in [0, 0.05) is 11.0 Å². The Labute approximate surface area is 109 Å². The van der Waals surface area contributed by atoms with Crippen molar-refractivity contribution in [2.24, 2.45) is 0 Å². The van der Waals surface area contributed by atoms with Crippen LogP contribution in [0, 0.1) is 0 Å². The first kappa shape index (κ1) is 12.5. The molecule has 17 heavy (non-hydrogen) atoms. The van der Waals surface area contributed by atoms with Crippen molar-refractivity contribution in [1.29, 1.82) is 0 Å². The van der Waals surface area contributed by atoms with Crippen LogP contribution >= 0.6 is 11.8 Å². The molecule has 1 aliphatic rings. The molecule has 0 nitrogen and oxygen atoms in total. The largest absolute Gasteiger partial charge is 0.150 e. The second kappa shape index (κ2) is 6.70. The molecule has 0 aliphatic heterocycles. The molecule has 0 saturated heterocycles. The van der Waals surface area contributed by atoms with Gasteiger partial charge >= 0.3 is 0 Å². The van der Waals surface area contributed by atoms with Crippen LogP contribution in [-0.4, -0.2) is 11.0 Å². The first-order valence-electron chi connectivity index (χ1n) is 6.35. The summed E-state index contributed by atoms with van der Waals surface area (Å²) < 4.78 is 0. The molecule has 2 rings (SSSR count). The van der Waals surface area contributed by atoms with E-state index >= 15 is 0 Å². The van der Waals surface area contributed by atoms with Gasteiger partial charge in [-0.15, -0.1) is 0 Å². The summed E-state index contributed by atoms with van der Waals surface area (Å²) >= 11 is 2.06. The van der Waals surface area contributed by atoms with Gasteiger partial charge in [-0.05, 0) is 31.7 Å². The summed E-state index contributed by atoms with van der Waals surface area (Å²) in [5.41, 5.74) is 2.87. The molecule has 1 heteroatoms. The van der Waals surface area contributed by atoms with Crippen molar-refractivity contribution >= 4 is 17.8 Å². The maximum absolute atomic E-state index is 2.45. The Bertz CT molecular complexity index is 389. The molecule has 1 aliphatic carbocycles. The van der Waals surface area contributed by atoms with E-state index in [1.54, 1.807) is 5.57 Å². The fourth-order valence-corrected chi connectivity index (χ4v) is 3.24. The van der Waals surface area contributed by atoms with E-state index in [4.69, 9.17) is 0 Å². The lowest BCUT2D eigenvalue weighted by atomic mass is 10.0. The number of allylic oxidation sites excluding steroid dienone is 1. The van der Waals surface area contributed by atoms with Crippen LogP contribution in [0.5, 0.6) is 0 Å². The molecular weight excluding hydrogens is 224 g/mol. The van der Waals surface area contributed by atoms with Gasteiger partial charge in [-0.1, -0.05) is 54.1 Å². The van der Waals surface area contributed by atoms with Crippen molar-refractivity contribution in [2.75, 3.05) is 5.75 Å². The summed E-state index contributed by atoms with van der Waals surface area (Å²) in [6, 6.07) is 10.5. The van der Waals surface area contributed by atoms with Crippen LogP contribution in [0.1, 0.15) is 31.7 Å². The van der Waals surface area contributed by atoms with E-state index in [9.17, 15) is 0 Å². The van der Waals surface area contributed by atoms with Gasteiger partial charge in [-0.25, -0.2) is 0 Å². The van der Waals surface area contributed by atoms with Gasteiger partial charge in [0.2, 0.25) is 0 Å². The zero-order chi connectivity index (χ0) is 11.9. The Morgan fingerprint density at radius 1 is 1.29 bits per heavy atom. The third-order valence-electron chi connectivity index (χ3n) is 3.05. The first-order chi connectivity index (χ1) is 8.34. The SMILES string of the molecule is CC1=CC(SC/C=C/c2ccccc2)CCC1. The van der Waals surface area contributed by atoms with E-state index in [-0.39, 0.29) is 0 Å². The zero-order valence-corrected chi connectivity index (χ0v) is 11.2. The minimum Gasteiger partial charge on any atom is -0.150 e. The summed E-state index contributed by atoms with van der Waals surface area (Å²) in [5, 5.41) is 0.740. The summed E-state index contributed by atoms with van der Waals surface area (Å²) in [6.07, 6.45) is 11.0. The van der Waals surface area contributed by atoms with Crippen molar-refractivity contribution < 1.29 is 0 Å². The fourth-order valence-electron chi connectivity index (χ4n) is 2.13. The third kappa shape index (κ3) is 4.43. The Hall–Kier alpha value is -0.950. The second-order valence-electron chi connectivity index (χ2n) is 4.59. The number of rotatable bonds is 4. The fraction of sp³-hybridized carbons (Fsp3) is 0.375. The minimum absolute atomic E-state index is 0.740. The van der Waals surface area contributed by atoms with Gasteiger partial charge in [0.05, 0.1) is 0 Å². The van der Waals surface area contributed by atoms with Crippen molar-refractivity contribution in [3.05, 3.63) is 53.6 Å². The third-order valence-corrected chi connectivity index (χ3v) is 4.23. The molecular formula is C16H20S. The minimum atomic E-state index is 0.740. The van der Waals surface area contributed by atoms with E-state index in [2.05, 4.69) is 67.2 Å². The summed E-state index contributed by atoms with van der Waals surface area (Å²) in [6.45, 7) is 2.26. The van der Waals surface area contributed by atoms with Gasteiger partial charge < -0.3 is 0 Å². The molecule has 0 bridgehead atoms. The lowest BCUT2D eigenvalue weighted by Crippen LogP contribution is -2.05. The Kier molecular flexibility index (Phi) is 4.93. The highest BCUT2D eigenvalue weighted by Gasteiger charge is 2.10. The number of hydrogen-bond acceptors (Lipinski definition) is 1. The number of hydrogen-bond donors (Lipinski definition) is 0. The molecule has 0 spiro atoms. The molecule has 0 heterocycles. The molecule has 0 aromatic heterocycles. The predicted octanol–water partition coefficient (Wildman–Crippen LogP) is 4.93. The van der Waals surface area contributed by atoms with Crippen LogP contribution in [0.3, 0.4) is 0 Å². The van der Waals surface area contributed by atoms with Crippen LogP contribution in [0.25, 0.3) is 6.08 Å². The highest BCUT2D eigenvalue weighted by Crippen LogP contribution is 2.26. The van der Waals surface area contributed by atoms with Crippen molar-refractivity contribution in [2.45, 2.75) is 31.4 Å². The first-order valence-corrected chi connectivity index (χ1v) is 7.40. The van der Waals surface area contributed by atoms with Crippen LogP contribution in [0.15, 0.2) is 48.1 Å². The molecule has 0 amide bonds. The maximum Gasteiger partial charge on any atom is 0.0232 e. The Balaban J connectivity index is 1.76. The molecule has 0 saturated carbocycles. The number of benzene rings is 1. The average Bonchev–Trinajstić information content (AvgIpc) is 2.36. The average molecular weight is 244 g/mol. The second-order valence-corrected chi connectivity index (χ2v) is 5.86. The highest BCUT2D eigenvalue weighted by atomic mass is 32.2. The highest BCUT2D eigenvalue weighted by molar-refractivity contribution is 8.00. The quantitative estimate of drug-likeness (QED) is 0.677. The van der Waals surface area contributed by atoms with E-state index in [0.717, 1.165) is 11.0 Å². The number of thioether (sulfide) groups is 1. The molecule has 0 radical (unpaired) electrons. The van der Waals surface area contributed by atoms with Crippen molar-refractivity contribution in [3.8, 4) is 0 Å².